The van der Waals surface area contributed by atoms with Crippen LogP contribution in [0.4, 0.5) is 9.59 Å². The second-order valence-corrected chi connectivity index (χ2v) is 9.87. The topological polar surface area (TPSA) is 121 Å². The van der Waals surface area contributed by atoms with E-state index in [1.807, 2.05) is 20.8 Å². The smallest absolute Gasteiger partial charge is 0.407 e. The molecule has 2 aliphatic carbocycles. The van der Waals surface area contributed by atoms with Gasteiger partial charge in [0.2, 0.25) is 11.8 Å². The Bertz CT molecular complexity index is 838. The van der Waals surface area contributed by atoms with Crippen LogP contribution < -0.4 is 5.32 Å². The van der Waals surface area contributed by atoms with Crippen LogP contribution in [-0.2, 0) is 4.74 Å². The molecule has 158 valence electrons. The van der Waals surface area contributed by atoms with Crippen LogP contribution in [0.2, 0.25) is 0 Å². The number of alkyl carbamates (subject to hydrolysis) is 1. The lowest BCUT2D eigenvalue weighted by molar-refractivity contribution is -0.0783. The molecule has 2 N–H and O–H groups in total. The monoisotopic (exact) mass is 405 g/mol. The van der Waals surface area contributed by atoms with E-state index >= 15 is 0 Å². The normalized spacial score (nSPS) is 32.3. The summed E-state index contributed by atoms with van der Waals surface area (Å²) >= 11 is 0. The molecule has 2 bridgehead atoms. The van der Waals surface area contributed by atoms with Crippen LogP contribution in [0.15, 0.2) is 4.42 Å². The lowest BCUT2D eigenvalue weighted by Gasteiger charge is -2.35. The first-order valence-electron chi connectivity index (χ1n) is 10.3. The number of rotatable bonds is 3. The average molecular weight is 405 g/mol. The summed E-state index contributed by atoms with van der Waals surface area (Å²) in [5, 5.41) is 22.3. The van der Waals surface area contributed by atoms with Crippen LogP contribution in [0.5, 0.6) is 0 Å². The zero-order valence-electron chi connectivity index (χ0n) is 16.9. The Kier molecular flexibility index (Phi) is 3.90. The van der Waals surface area contributed by atoms with Crippen LogP contribution in [0.25, 0.3) is 0 Å². The standard InChI is InChI=1S/C19H27N5O5/c1-18(2,3)29-16(25)20-11-6-10(7-11)14-21-22-15(28-14)12-8-19(4-5-19)13-9-23(12)17(26)24(13)27/h10-13,27H,4-9H2,1-3H3,(H,20,25)/t10?,11?,12-,13-/m0/s1. The van der Waals surface area contributed by atoms with Crippen molar-refractivity contribution in [3.05, 3.63) is 11.8 Å². The van der Waals surface area contributed by atoms with E-state index < -0.39 is 11.7 Å². The molecule has 2 aliphatic heterocycles. The molecule has 3 heterocycles. The van der Waals surface area contributed by atoms with Gasteiger partial charge in [-0.15, -0.1) is 10.2 Å². The lowest BCUT2D eigenvalue weighted by Crippen LogP contribution is -2.45. The fourth-order valence-corrected chi connectivity index (χ4v) is 4.83. The molecule has 1 spiro atoms. The van der Waals surface area contributed by atoms with E-state index in [1.54, 1.807) is 4.90 Å². The molecule has 0 aromatic carbocycles. The Morgan fingerprint density at radius 2 is 1.97 bits per heavy atom. The molecule has 3 amide bonds. The Morgan fingerprint density at radius 3 is 2.62 bits per heavy atom. The summed E-state index contributed by atoms with van der Waals surface area (Å²) in [6.45, 7) is 5.99. The third-order valence-electron chi connectivity index (χ3n) is 6.63. The number of nitrogens with zero attached hydrogens (tertiary/aromatic N) is 4. The van der Waals surface area contributed by atoms with Crippen molar-refractivity contribution in [2.24, 2.45) is 5.41 Å². The molecule has 2 saturated carbocycles. The predicted octanol–water partition coefficient (Wildman–Crippen LogP) is 2.56. The summed E-state index contributed by atoms with van der Waals surface area (Å²) in [5.74, 6) is 1.07. The highest BCUT2D eigenvalue weighted by Crippen LogP contribution is 2.61. The Hall–Kier alpha value is -2.36. The molecule has 4 fully saturated rings. The summed E-state index contributed by atoms with van der Waals surface area (Å²) < 4.78 is 11.2. The first-order valence-corrected chi connectivity index (χ1v) is 10.3. The molecule has 1 aromatic rings. The molecule has 0 unspecified atom stereocenters. The first kappa shape index (κ1) is 18.7. The molecule has 1 aromatic heterocycles. The summed E-state index contributed by atoms with van der Waals surface area (Å²) in [4.78, 5) is 25.9. The van der Waals surface area contributed by atoms with E-state index in [4.69, 9.17) is 9.15 Å². The summed E-state index contributed by atoms with van der Waals surface area (Å²) in [5.41, 5.74) is -0.542. The third kappa shape index (κ3) is 3.13. The van der Waals surface area contributed by atoms with Crippen LogP contribution in [0.1, 0.15) is 76.6 Å². The molecule has 10 nitrogen and oxygen atoms in total. The summed E-state index contributed by atoms with van der Waals surface area (Å²) in [7, 11) is 0. The van der Waals surface area contributed by atoms with E-state index in [1.165, 1.54) is 0 Å². The number of carbonyl (C=O) groups excluding carboxylic acids is 2. The number of hydrogen-bond donors (Lipinski definition) is 2. The SMILES string of the molecule is CC(C)(C)OC(=O)NC1CC(c2nnc([C@@H]3CC4(CC4)[C@@H]4CN3C(=O)N4O)o2)C1. The van der Waals surface area contributed by atoms with Gasteiger partial charge in [-0.1, -0.05) is 0 Å². The van der Waals surface area contributed by atoms with Crippen LogP contribution in [0, 0.1) is 5.41 Å². The van der Waals surface area contributed by atoms with Gasteiger partial charge in [0.1, 0.15) is 11.6 Å². The molecule has 10 heteroatoms. The number of amides is 3. The minimum absolute atomic E-state index is 0.0182. The molecular formula is C19H27N5O5. The van der Waals surface area contributed by atoms with Gasteiger partial charge in [0.05, 0.1) is 6.04 Å². The van der Waals surface area contributed by atoms with Crippen molar-refractivity contribution in [3.8, 4) is 0 Å². The third-order valence-corrected chi connectivity index (χ3v) is 6.63. The van der Waals surface area contributed by atoms with Crippen molar-refractivity contribution in [2.75, 3.05) is 6.54 Å². The molecule has 2 atom stereocenters. The fraction of sp³-hybridized carbons (Fsp3) is 0.789. The van der Waals surface area contributed by atoms with Crippen molar-refractivity contribution in [2.45, 2.75) is 82.5 Å². The Balaban J connectivity index is 1.21. The number of ether oxygens (including phenoxy) is 1. The van der Waals surface area contributed by atoms with Gasteiger partial charge in [-0.25, -0.2) is 14.7 Å². The quantitative estimate of drug-likeness (QED) is 0.741. The zero-order chi connectivity index (χ0) is 20.6. The van der Waals surface area contributed by atoms with E-state index in [0.29, 0.717) is 31.2 Å². The summed E-state index contributed by atoms with van der Waals surface area (Å²) in [6, 6.07) is -0.761. The second kappa shape index (κ2) is 6.07. The van der Waals surface area contributed by atoms with Gasteiger partial charge in [-0.3, -0.25) is 5.21 Å². The van der Waals surface area contributed by atoms with Gasteiger partial charge in [-0.05, 0) is 58.3 Å². The highest BCUT2D eigenvalue weighted by Gasteiger charge is 2.63. The largest absolute Gasteiger partial charge is 0.444 e. The maximum absolute atomic E-state index is 12.4. The first-order chi connectivity index (χ1) is 13.7. The van der Waals surface area contributed by atoms with Crippen molar-refractivity contribution in [1.82, 2.24) is 25.5 Å². The van der Waals surface area contributed by atoms with E-state index in [2.05, 4.69) is 15.5 Å². The van der Waals surface area contributed by atoms with Gasteiger partial charge in [0, 0.05) is 18.5 Å². The van der Waals surface area contributed by atoms with Gasteiger partial charge in [0.25, 0.3) is 0 Å². The highest BCUT2D eigenvalue weighted by molar-refractivity contribution is 5.77. The van der Waals surface area contributed by atoms with Crippen molar-refractivity contribution >= 4 is 12.1 Å². The molecule has 2 saturated heterocycles. The number of hydroxylamine groups is 2. The predicted molar refractivity (Wildman–Crippen MR) is 98.0 cm³/mol. The number of aromatic nitrogens is 2. The number of hydrogen-bond acceptors (Lipinski definition) is 7. The van der Waals surface area contributed by atoms with E-state index in [0.717, 1.165) is 24.3 Å². The maximum Gasteiger partial charge on any atom is 0.407 e. The fourth-order valence-electron chi connectivity index (χ4n) is 4.83. The molecule has 29 heavy (non-hydrogen) atoms. The molecular weight excluding hydrogens is 378 g/mol. The van der Waals surface area contributed by atoms with Gasteiger partial charge in [0.15, 0.2) is 0 Å². The van der Waals surface area contributed by atoms with Crippen molar-refractivity contribution in [1.29, 1.82) is 0 Å². The number of piperidine rings is 1. The number of nitrogens with one attached hydrogen (secondary N) is 1. The van der Waals surface area contributed by atoms with Gasteiger partial charge >= 0.3 is 12.1 Å². The summed E-state index contributed by atoms with van der Waals surface area (Å²) in [6.07, 6.45) is 3.77. The molecule has 0 radical (unpaired) electrons. The minimum Gasteiger partial charge on any atom is -0.444 e. The number of fused-ring (bicyclic) bond motifs is 3. The van der Waals surface area contributed by atoms with Crippen LogP contribution in [0.3, 0.4) is 0 Å². The van der Waals surface area contributed by atoms with Gasteiger partial charge in [-0.2, -0.15) is 0 Å². The van der Waals surface area contributed by atoms with Crippen molar-refractivity contribution in [3.63, 3.8) is 0 Å². The minimum atomic E-state index is -0.524. The number of urea groups is 1. The molecule has 4 aliphatic rings. The maximum atomic E-state index is 12.4. The van der Waals surface area contributed by atoms with E-state index in [9.17, 15) is 14.8 Å². The second-order valence-electron chi connectivity index (χ2n) is 9.87. The lowest BCUT2D eigenvalue weighted by atomic mass is 9.80. The van der Waals surface area contributed by atoms with Crippen LogP contribution >= 0.6 is 0 Å². The van der Waals surface area contributed by atoms with Gasteiger partial charge < -0.3 is 19.4 Å². The zero-order valence-corrected chi connectivity index (χ0v) is 16.9. The number of carbonyl (C=O) groups is 2. The Morgan fingerprint density at radius 1 is 1.28 bits per heavy atom. The van der Waals surface area contributed by atoms with E-state index in [-0.39, 0.29) is 35.5 Å². The average Bonchev–Trinajstić information content (AvgIpc) is 3.09. The Labute approximate surface area is 168 Å². The van der Waals surface area contributed by atoms with Crippen molar-refractivity contribution < 1.29 is 24.0 Å². The van der Waals surface area contributed by atoms with Crippen LogP contribution in [-0.4, -0.2) is 61.7 Å². The highest BCUT2D eigenvalue weighted by atomic mass is 16.6. The molecule has 5 rings (SSSR count).